The third kappa shape index (κ3) is 4.30. The number of carbonyl (C=O) groups excluding carboxylic acids is 1. The smallest absolute Gasteiger partial charge is 0.205 e. The van der Waals surface area contributed by atoms with Crippen LogP contribution >= 0.6 is 23.4 Å². The molecular formula is C22H18ClN3O4S. The number of hydrogen-bond donors (Lipinski definition) is 0. The van der Waals surface area contributed by atoms with Crippen molar-refractivity contribution in [3.05, 3.63) is 71.4 Å². The summed E-state index contributed by atoms with van der Waals surface area (Å²) in [7, 11) is 3.08. The Kier molecular flexibility index (Phi) is 6.29. The molecule has 9 heteroatoms. The second kappa shape index (κ2) is 9.28. The summed E-state index contributed by atoms with van der Waals surface area (Å²) in [5, 5.41) is 9.60. The minimum absolute atomic E-state index is 0.0841. The average molecular weight is 456 g/mol. The zero-order chi connectivity index (χ0) is 21.8. The van der Waals surface area contributed by atoms with Crippen molar-refractivity contribution in [1.82, 2.24) is 14.8 Å². The Bertz CT molecular complexity index is 1210. The minimum atomic E-state index is -0.0841. The lowest BCUT2D eigenvalue weighted by Gasteiger charge is -2.11. The largest absolute Gasteiger partial charge is 0.493 e. The first kappa shape index (κ1) is 21.0. The number of ketones is 1. The van der Waals surface area contributed by atoms with E-state index in [1.165, 1.54) is 18.9 Å². The van der Waals surface area contributed by atoms with E-state index in [-0.39, 0.29) is 11.5 Å². The van der Waals surface area contributed by atoms with Crippen molar-refractivity contribution >= 4 is 29.1 Å². The van der Waals surface area contributed by atoms with Crippen LogP contribution in [0.1, 0.15) is 10.4 Å². The summed E-state index contributed by atoms with van der Waals surface area (Å²) in [6.45, 7) is 0. The number of furan rings is 1. The topological polar surface area (TPSA) is 79.4 Å². The fourth-order valence-electron chi connectivity index (χ4n) is 3.00. The van der Waals surface area contributed by atoms with Crippen LogP contribution in [0.3, 0.4) is 0 Å². The summed E-state index contributed by atoms with van der Waals surface area (Å²) < 4.78 is 17.8. The predicted octanol–water partition coefficient (Wildman–Crippen LogP) is 5.17. The molecule has 0 aliphatic rings. The molecule has 0 N–H and O–H groups in total. The van der Waals surface area contributed by atoms with E-state index in [4.69, 9.17) is 25.5 Å². The molecule has 7 nitrogen and oxygen atoms in total. The zero-order valence-corrected chi connectivity index (χ0v) is 18.3. The molecule has 0 fully saturated rings. The first-order chi connectivity index (χ1) is 15.1. The molecule has 0 radical (unpaired) electrons. The van der Waals surface area contributed by atoms with E-state index in [0.717, 1.165) is 0 Å². The molecule has 0 spiro atoms. The Hall–Kier alpha value is -3.23. The van der Waals surface area contributed by atoms with Gasteiger partial charge in [-0.25, -0.2) is 0 Å². The second-order valence-electron chi connectivity index (χ2n) is 6.35. The highest BCUT2D eigenvalue weighted by molar-refractivity contribution is 7.99. The molecule has 31 heavy (non-hydrogen) atoms. The molecule has 4 rings (SSSR count). The molecule has 0 unspecified atom stereocenters. The van der Waals surface area contributed by atoms with Crippen LogP contribution in [0.25, 0.3) is 17.3 Å². The van der Waals surface area contributed by atoms with E-state index in [1.54, 1.807) is 54.3 Å². The summed E-state index contributed by atoms with van der Waals surface area (Å²) in [6.07, 6.45) is 1.56. The third-order valence-electron chi connectivity index (χ3n) is 4.51. The number of methoxy groups -OCH3 is 2. The monoisotopic (exact) mass is 455 g/mol. The summed E-state index contributed by atoms with van der Waals surface area (Å²) >= 11 is 7.70. The highest BCUT2D eigenvalue weighted by Gasteiger charge is 2.21. The molecule has 0 bridgehead atoms. The zero-order valence-electron chi connectivity index (χ0n) is 16.7. The fraction of sp³-hybridized carbons (Fsp3) is 0.136. The van der Waals surface area contributed by atoms with Crippen molar-refractivity contribution < 1.29 is 18.7 Å². The predicted molar refractivity (Wildman–Crippen MR) is 119 cm³/mol. The number of rotatable bonds is 8. The summed E-state index contributed by atoms with van der Waals surface area (Å²) in [4.78, 5) is 12.8. The SMILES string of the molecule is COc1ccc(C(=O)CSc2nnc(-c3ccco3)n2-c2ccccc2Cl)cc1OC. The van der Waals surface area contributed by atoms with Crippen molar-refractivity contribution in [1.29, 1.82) is 0 Å². The maximum atomic E-state index is 12.8. The molecule has 0 aliphatic carbocycles. The van der Waals surface area contributed by atoms with Gasteiger partial charge in [0.25, 0.3) is 0 Å². The molecule has 0 saturated carbocycles. The van der Waals surface area contributed by atoms with Gasteiger partial charge in [0.1, 0.15) is 0 Å². The molecule has 4 aromatic rings. The van der Waals surface area contributed by atoms with E-state index in [1.807, 2.05) is 18.2 Å². The van der Waals surface area contributed by atoms with E-state index in [0.29, 0.717) is 44.5 Å². The Morgan fingerprint density at radius 1 is 1.06 bits per heavy atom. The van der Waals surface area contributed by atoms with Crippen LogP contribution in [0.4, 0.5) is 0 Å². The fourth-order valence-corrected chi connectivity index (χ4v) is 4.06. The van der Waals surface area contributed by atoms with E-state index in [9.17, 15) is 4.79 Å². The number of benzene rings is 2. The van der Waals surface area contributed by atoms with Gasteiger partial charge in [0, 0.05) is 5.56 Å². The molecule has 2 aromatic carbocycles. The molecule has 0 aliphatic heterocycles. The standard InChI is InChI=1S/C22H18ClN3O4S/c1-28-18-10-9-14(12-20(18)29-2)17(27)13-31-22-25-24-21(19-8-5-11-30-19)26(22)16-7-4-3-6-15(16)23/h3-12H,13H2,1-2H3. The van der Waals surface area contributed by atoms with Crippen LogP contribution in [-0.2, 0) is 0 Å². The van der Waals surface area contributed by atoms with Gasteiger partial charge < -0.3 is 13.9 Å². The first-order valence-electron chi connectivity index (χ1n) is 9.24. The number of Topliss-reactive ketones (excluding diaryl/α,β-unsaturated/α-hetero) is 1. The highest BCUT2D eigenvalue weighted by atomic mass is 35.5. The third-order valence-corrected chi connectivity index (χ3v) is 5.75. The number of halogens is 1. The van der Waals surface area contributed by atoms with E-state index < -0.39 is 0 Å². The van der Waals surface area contributed by atoms with Gasteiger partial charge in [-0.2, -0.15) is 0 Å². The number of hydrogen-bond acceptors (Lipinski definition) is 7. The molecule has 0 saturated heterocycles. The van der Waals surface area contributed by atoms with Gasteiger partial charge in [0.15, 0.2) is 28.2 Å². The molecule has 0 amide bonds. The lowest BCUT2D eigenvalue weighted by atomic mass is 10.1. The highest BCUT2D eigenvalue weighted by Crippen LogP contribution is 2.32. The van der Waals surface area contributed by atoms with Crippen LogP contribution in [0, 0.1) is 0 Å². The second-order valence-corrected chi connectivity index (χ2v) is 7.70. The van der Waals surface area contributed by atoms with Gasteiger partial charge in [0.05, 0.1) is 36.9 Å². The van der Waals surface area contributed by atoms with Crippen molar-refractivity contribution in [2.75, 3.05) is 20.0 Å². The minimum Gasteiger partial charge on any atom is -0.493 e. The summed E-state index contributed by atoms with van der Waals surface area (Å²) in [5.74, 6) is 2.17. The summed E-state index contributed by atoms with van der Waals surface area (Å²) in [5.41, 5.74) is 1.21. The maximum Gasteiger partial charge on any atom is 0.205 e. The van der Waals surface area contributed by atoms with Crippen molar-refractivity contribution in [2.45, 2.75) is 5.16 Å². The van der Waals surface area contributed by atoms with E-state index in [2.05, 4.69) is 10.2 Å². The molecule has 2 aromatic heterocycles. The van der Waals surface area contributed by atoms with Crippen molar-refractivity contribution in [3.63, 3.8) is 0 Å². The lowest BCUT2D eigenvalue weighted by molar-refractivity contribution is 0.102. The van der Waals surface area contributed by atoms with Crippen LogP contribution in [-0.4, -0.2) is 40.5 Å². The van der Waals surface area contributed by atoms with Gasteiger partial charge in [-0.15, -0.1) is 10.2 Å². The van der Waals surface area contributed by atoms with Gasteiger partial charge in [-0.1, -0.05) is 35.5 Å². The number of ether oxygens (including phenoxy) is 2. The first-order valence-corrected chi connectivity index (χ1v) is 10.6. The van der Waals surface area contributed by atoms with Crippen LogP contribution in [0.5, 0.6) is 11.5 Å². The Labute approximate surface area is 187 Å². The average Bonchev–Trinajstić information content (AvgIpc) is 3.47. The quantitative estimate of drug-likeness (QED) is 0.268. The normalized spacial score (nSPS) is 10.8. The maximum absolute atomic E-state index is 12.8. The number of aromatic nitrogens is 3. The number of nitrogens with zero attached hydrogens (tertiary/aromatic N) is 3. The van der Waals surface area contributed by atoms with Crippen LogP contribution in [0.15, 0.2) is 70.4 Å². The van der Waals surface area contributed by atoms with Crippen LogP contribution in [0.2, 0.25) is 5.02 Å². The van der Waals surface area contributed by atoms with Gasteiger partial charge in [-0.05, 0) is 42.5 Å². The number of thioether (sulfide) groups is 1. The summed E-state index contributed by atoms with van der Waals surface area (Å²) in [6, 6.07) is 16.0. The van der Waals surface area contributed by atoms with Crippen molar-refractivity contribution in [3.8, 4) is 28.8 Å². The lowest BCUT2D eigenvalue weighted by Crippen LogP contribution is -2.06. The van der Waals surface area contributed by atoms with Gasteiger partial charge >= 0.3 is 0 Å². The Morgan fingerprint density at radius 2 is 1.87 bits per heavy atom. The molecule has 158 valence electrons. The molecule has 2 heterocycles. The Balaban J connectivity index is 1.64. The van der Waals surface area contributed by atoms with Crippen molar-refractivity contribution in [2.24, 2.45) is 0 Å². The van der Waals surface area contributed by atoms with Crippen LogP contribution < -0.4 is 9.47 Å². The molecular weight excluding hydrogens is 438 g/mol. The number of para-hydroxylation sites is 1. The van der Waals surface area contributed by atoms with E-state index >= 15 is 0 Å². The molecule has 0 atom stereocenters. The number of carbonyl (C=O) groups is 1. The van der Waals surface area contributed by atoms with Gasteiger partial charge in [-0.3, -0.25) is 9.36 Å². The Morgan fingerprint density at radius 3 is 2.58 bits per heavy atom. The van der Waals surface area contributed by atoms with Gasteiger partial charge in [0.2, 0.25) is 5.82 Å².